The van der Waals surface area contributed by atoms with Crippen LogP contribution in [-0.2, 0) is 6.42 Å². The van der Waals surface area contributed by atoms with Crippen LogP contribution in [0.5, 0.6) is 11.5 Å². The van der Waals surface area contributed by atoms with Crippen LogP contribution in [0.1, 0.15) is 90.2 Å². The summed E-state index contributed by atoms with van der Waals surface area (Å²) >= 11 is 3.57. The molecule has 2 heterocycles. The van der Waals surface area contributed by atoms with Crippen LogP contribution in [0.2, 0.25) is 0 Å². The van der Waals surface area contributed by atoms with Gasteiger partial charge in [0.25, 0.3) is 0 Å². The number of ether oxygens (including phenoxy) is 2. The fourth-order valence-corrected chi connectivity index (χ4v) is 7.62. The molecule has 4 aromatic rings. The molecule has 0 amide bonds. The van der Waals surface area contributed by atoms with E-state index >= 15 is 0 Å². The number of hydrogen-bond donors (Lipinski definition) is 0. The smallest absolute Gasteiger partial charge is 0.137 e. The van der Waals surface area contributed by atoms with Crippen molar-refractivity contribution in [3.63, 3.8) is 0 Å². The number of benzene rings is 2. The van der Waals surface area contributed by atoms with Crippen molar-refractivity contribution < 1.29 is 9.47 Å². The summed E-state index contributed by atoms with van der Waals surface area (Å²) in [7, 11) is 0. The van der Waals surface area contributed by atoms with E-state index in [2.05, 4.69) is 87.0 Å². The van der Waals surface area contributed by atoms with Crippen molar-refractivity contribution in [2.75, 3.05) is 13.2 Å². The van der Waals surface area contributed by atoms with Crippen molar-refractivity contribution in [1.29, 1.82) is 0 Å². The first-order chi connectivity index (χ1) is 20.1. The van der Waals surface area contributed by atoms with Gasteiger partial charge in [-0.05, 0) is 99.5 Å². The molecule has 0 aliphatic heterocycles. The van der Waals surface area contributed by atoms with Gasteiger partial charge in [-0.15, -0.1) is 22.7 Å². The fourth-order valence-electron chi connectivity index (χ4n) is 5.95. The van der Waals surface area contributed by atoms with Crippen LogP contribution in [0.3, 0.4) is 0 Å². The highest BCUT2D eigenvalue weighted by molar-refractivity contribution is 7.14. The molecule has 0 saturated heterocycles. The Morgan fingerprint density at radius 1 is 0.634 bits per heavy atom. The molecule has 218 valence electrons. The zero-order valence-corrected chi connectivity index (χ0v) is 27.0. The Balaban J connectivity index is 1.29. The van der Waals surface area contributed by atoms with Gasteiger partial charge in [0.2, 0.25) is 0 Å². The third-order valence-corrected chi connectivity index (χ3v) is 10.6. The molecule has 2 unspecified atom stereocenters. The Morgan fingerprint density at radius 2 is 1.10 bits per heavy atom. The van der Waals surface area contributed by atoms with Gasteiger partial charge in [-0.3, -0.25) is 0 Å². The van der Waals surface area contributed by atoms with E-state index in [0.29, 0.717) is 11.8 Å². The lowest BCUT2D eigenvalue weighted by atomic mass is 10.0. The highest BCUT2D eigenvalue weighted by Gasteiger charge is 2.22. The number of hydrogen-bond acceptors (Lipinski definition) is 4. The molecule has 5 rings (SSSR count). The average Bonchev–Trinajstić information content (AvgIpc) is 3.75. The lowest BCUT2D eigenvalue weighted by Gasteiger charge is -2.16. The molecule has 2 aromatic carbocycles. The minimum absolute atomic E-state index is 0.634. The minimum Gasteiger partial charge on any atom is -0.492 e. The van der Waals surface area contributed by atoms with Gasteiger partial charge in [0.05, 0.1) is 23.0 Å². The molecule has 41 heavy (non-hydrogen) atoms. The second-order valence-corrected chi connectivity index (χ2v) is 13.4. The lowest BCUT2D eigenvalue weighted by Crippen LogP contribution is -2.11. The van der Waals surface area contributed by atoms with Crippen molar-refractivity contribution in [1.82, 2.24) is 0 Å². The maximum atomic E-state index is 6.39. The van der Waals surface area contributed by atoms with Crippen molar-refractivity contribution in [2.45, 2.75) is 85.5 Å². The topological polar surface area (TPSA) is 18.5 Å². The van der Waals surface area contributed by atoms with Crippen molar-refractivity contribution >= 4 is 22.7 Å². The normalized spacial score (nSPS) is 13.6. The Morgan fingerprint density at radius 3 is 1.51 bits per heavy atom. The zero-order chi connectivity index (χ0) is 28.6. The van der Waals surface area contributed by atoms with E-state index in [1.807, 2.05) is 0 Å². The number of fused-ring (bicyclic) bond motifs is 3. The van der Waals surface area contributed by atoms with E-state index in [4.69, 9.17) is 9.47 Å². The fraction of sp³-hybridized carbons (Fsp3) is 0.459. The van der Waals surface area contributed by atoms with Crippen LogP contribution >= 0.6 is 22.7 Å². The van der Waals surface area contributed by atoms with Gasteiger partial charge < -0.3 is 9.47 Å². The summed E-state index contributed by atoms with van der Waals surface area (Å²) in [6.07, 6.45) is 10.9. The number of rotatable bonds is 16. The number of thiophene rings is 2. The Labute approximate surface area is 255 Å². The van der Waals surface area contributed by atoms with Crippen LogP contribution < -0.4 is 9.47 Å². The second kappa shape index (κ2) is 14.6. The van der Waals surface area contributed by atoms with E-state index in [9.17, 15) is 0 Å². The molecule has 2 aromatic heterocycles. The van der Waals surface area contributed by atoms with Gasteiger partial charge in [0.15, 0.2) is 0 Å². The van der Waals surface area contributed by atoms with E-state index in [1.165, 1.54) is 94.5 Å². The molecule has 0 bridgehead atoms. The monoisotopic (exact) mass is 586 g/mol. The van der Waals surface area contributed by atoms with Gasteiger partial charge in [-0.25, -0.2) is 0 Å². The molecule has 2 atom stereocenters. The highest BCUT2D eigenvalue weighted by Crippen LogP contribution is 2.44. The van der Waals surface area contributed by atoms with E-state index in [1.54, 1.807) is 22.7 Å². The van der Waals surface area contributed by atoms with Gasteiger partial charge >= 0.3 is 0 Å². The maximum absolute atomic E-state index is 6.39. The molecule has 0 radical (unpaired) electrons. The van der Waals surface area contributed by atoms with Crippen LogP contribution in [0, 0.1) is 11.8 Å². The van der Waals surface area contributed by atoms with Crippen LogP contribution in [-0.4, -0.2) is 13.2 Å². The van der Waals surface area contributed by atoms with Crippen molar-refractivity contribution in [3.05, 3.63) is 70.4 Å². The van der Waals surface area contributed by atoms with Crippen molar-refractivity contribution in [2.24, 2.45) is 11.8 Å². The van der Waals surface area contributed by atoms with E-state index in [0.717, 1.165) is 31.1 Å². The standard InChI is InChI=1S/C37H46O2S2/c1-5-9-11-26(7-3)24-38-34-17-19-40-36(34)28-13-15-32-30(21-28)23-31-22-29(14-16-33(31)32)37-35(18-20-41-37)39-25-27(8-4)12-10-6-2/h13-22,26-27H,5-12,23-25H2,1-4H3. The highest BCUT2D eigenvalue weighted by atomic mass is 32.1. The molecular weight excluding hydrogens is 541 g/mol. The van der Waals surface area contributed by atoms with Gasteiger partial charge in [-0.2, -0.15) is 0 Å². The summed E-state index contributed by atoms with van der Waals surface area (Å²) in [5, 5.41) is 4.33. The summed E-state index contributed by atoms with van der Waals surface area (Å²) < 4.78 is 12.8. The van der Waals surface area contributed by atoms with Crippen LogP contribution in [0.25, 0.3) is 32.0 Å². The predicted octanol–water partition coefficient (Wildman–Crippen LogP) is 11.9. The molecular formula is C37H46O2S2. The summed E-state index contributed by atoms with van der Waals surface area (Å²) in [4.78, 5) is 2.50. The molecule has 4 heteroatoms. The summed E-state index contributed by atoms with van der Waals surface area (Å²) in [5.74, 6) is 3.34. The first-order valence-corrected chi connectivity index (χ1v) is 17.6. The Kier molecular flexibility index (Phi) is 10.6. The quantitative estimate of drug-likeness (QED) is 0.114. The van der Waals surface area contributed by atoms with E-state index in [-0.39, 0.29) is 0 Å². The minimum atomic E-state index is 0.634. The van der Waals surface area contributed by atoms with Crippen molar-refractivity contribution in [3.8, 4) is 43.5 Å². The molecule has 0 fully saturated rings. The van der Waals surface area contributed by atoms with Gasteiger partial charge in [-0.1, -0.05) is 90.5 Å². The van der Waals surface area contributed by atoms with E-state index < -0.39 is 0 Å². The second-order valence-electron chi connectivity index (χ2n) is 11.6. The van der Waals surface area contributed by atoms with Gasteiger partial charge in [0, 0.05) is 0 Å². The SMILES string of the molecule is CCCCC(CC)COc1ccsc1-c1ccc2c(c1)Cc1cc(-c3sccc3OCC(CC)CCCC)ccc1-2. The summed E-state index contributed by atoms with van der Waals surface area (Å²) in [5.41, 5.74) is 8.09. The predicted molar refractivity (Wildman–Crippen MR) is 179 cm³/mol. The zero-order valence-electron chi connectivity index (χ0n) is 25.3. The van der Waals surface area contributed by atoms with Gasteiger partial charge in [0.1, 0.15) is 11.5 Å². The first kappa shape index (κ1) is 29.9. The summed E-state index contributed by atoms with van der Waals surface area (Å²) in [6.45, 7) is 10.7. The largest absolute Gasteiger partial charge is 0.492 e. The lowest BCUT2D eigenvalue weighted by molar-refractivity contribution is 0.235. The Bertz CT molecular complexity index is 1290. The molecule has 0 saturated carbocycles. The molecule has 1 aliphatic carbocycles. The molecule has 0 spiro atoms. The summed E-state index contributed by atoms with van der Waals surface area (Å²) in [6, 6.07) is 18.3. The molecule has 1 aliphatic rings. The third-order valence-electron chi connectivity index (χ3n) is 8.70. The third kappa shape index (κ3) is 7.09. The molecule has 0 N–H and O–H groups in total. The Hall–Kier alpha value is -2.56. The molecule has 2 nitrogen and oxygen atoms in total. The maximum Gasteiger partial charge on any atom is 0.137 e. The van der Waals surface area contributed by atoms with Crippen LogP contribution in [0.4, 0.5) is 0 Å². The first-order valence-electron chi connectivity index (χ1n) is 15.8. The van der Waals surface area contributed by atoms with Crippen LogP contribution in [0.15, 0.2) is 59.3 Å². The number of unbranched alkanes of at least 4 members (excludes halogenated alkanes) is 2. The average molecular weight is 587 g/mol.